The maximum Gasteiger partial charge on any atom is 0.244 e. The topological polar surface area (TPSA) is 81.4 Å². The molecule has 0 spiro atoms. The molecule has 0 atom stereocenters. The minimum absolute atomic E-state index is 0.177. The van der Waals surface area contributed by atoms with E-state index in [1.807, 2.05) is 42.7 Å². The Bertz CT molecular complexity index is 1170. The van der Waals surface area contributed by atoms with Crippen LogP contribution in [0.1, 0.15) is 12.0 Å². The highest BCUT2D eigenvalue weighted by molar-refractivity contribution is 5.82. The number of carbonyl (C=O) groups is 1. The highest BCUT2D eigenvalue weighted by Crippen LogP contribution is 2.27. The number of aromatic nitrogens is 2. The van der Waals surface area contributed by atoms with Crippen molar-refractivity contribution in [1.29, 1.82) is 0 Å². The van der Waals surface area contributed by atoms with Gasteiger partial charge in [-0.1, -0.05) is 60.7 Å². The molecule has 31 heavy (non-hydrogen) atoms. The van der Waals surface area contributed by atoms with Crippen LogP contribution >= 0.6 is 0 Å². The molecule has 0 radical (unpaired) electrons. The van der Waals surface area contributed by atoms with Gasteiger partial charge in [0.25, 0.3) is 0 Å². The average Bonchev–Trinajstić information content (AvgIpc) is 3.24. The number of H-pyrrole nitrogens is 1. The van der Waals surface area contributed by atoms with Crippen LogP contribution < -0.4 is 9.99 Å². The molecule has 4 aromatic rings. The van der Waals surface area contributed by atoms with Crippen LogP contribution in [-0.2, 0) is 11.3 Å². The lowest BCUT2D eigenvalue weighted by Crippen LogP contribution is -2.36. The predicted octanol–water partition coefficient (Wildman–Crippen LogP) is 3.88. The van der Waals surface area contributed by atoms with E-state index in [0.29, 0.717) is 6.54 Å². The first-order chi connectivity index (χ1) is 15.2. The molecule has 3 N–H and O–H groups in total. The number of hydrazone groups is 1. The van der Waals surface area contributed by atoms with Gasteiger partial charge in [-0.05, 0) is 29.8 Å². The van der Waals surface area contributed by atoms with E-state index < -0.39 is 0 Å². The number of aryl methyl sites for hydroxylation is 1. The number of rotatable bonds is 7. The second-order valence-electron chi connectivity index (χ2n) is 7.06. The Kier molecular flexibility index (Phi) is 6.18. The standard InChI is InChI=1S/C25H22N4O2/c30-22-13-11-19(12-14-22)17-27-28-23(31)15-16-29-18-26-24(20-7-3-1-4-8-20)25(29)21-9-5-2-6-10-21/h1-14,17-18H,15-16H2,(H2,27,28,30,31)/p+1. The van der Waals surface area contributed by atoms with Gasteiger partial charge in [0, 0.05) is 11.1 Å². The summed E-state index contributed by atoms with van der Waals surface area (Å²) < 4.78 is 2.06. The quantitative estimate of drug-likeness (QED) is 0.245. The number of hydrogen-bond acceptors (Lipinski definition) is 3. The summed E-state index contributed by atoms with van der Waals surface area (Å²) in [5.74, 6) is 0.0119. The van der Waals surface area contributed by atoms with E-state index in [4.69, 9.17) is 0 Å². The van der Waals surface area contributed by atoms with Gasteiger partial charge in [0.15, 0.2) is 11.4 Å². The molecule has 1 aromatic heterocycles. The molecule has 0 saturated carbocycles. The van der Waals surface area contributed by atoms with Crippen LogP contribution in [0.3, 0.4) is 0 Å². The minimum Gasteiger partial charge on any atom is -0.508 e. The molecule has 4 rings (SSSR count). The number of phenolic OH excluding ortho intramolecular Hbond substituents is 1. The van der Waals surface area contributed by atoms with Gasteiger partial charge in [0.2, 0.25) is 12.2 Å². The number of benzene rings is 3. The third kappa shape index (κ3) is 5.05. The molecule has 0 bridgehead atoms. The van der Waals surface area contributed by atoms with Crippen molar-refractivity contribution in [3.63, 3.8) is 0 Å². The molecule has 0 unspecified atom stereocenters. The molecule has 6 heteroatoms. The third-order valence-electron chi connectivity index (χ3n) is 4.87. The molecule has 154 valence electrons. The fraction of sp³-hybridized carbons (Fsp3) is 0.0800. The second-order valence-corrected chi connectivity index (χ2v) is 7.06. The van der Waals surface area contributed by atoms with Crippen LogP contribution in [0.4, 0.5) is 0 Å². The van der Waals surface area contributed by atoms with E-state index in [2.05, 4.69) is 44.3 Å². The van der Waals surface area contributed by atoms with Crippen molar-refractivity contribution in [3.8, 4) is 28.3 Å². The van der Waals surface area contributed by atoms with Crippen LogP contribution in [0.5, 0.6) is 5.75 Å². The lowest BCUT2D eigenvalue weighted by Gasteiger charge is -2.05. The van der Waals surface area contributed by atoms with Gasteiger partial charge >= 0.3 is 0 Å². The average molecular weight is 411 g/mol. The SMILES string of the molecule is O=C(CC[n+]1c[nH]c(-c2ccccc2)c1-c1ccccc1)N/N=C/c1ccc(O)cc1. The van der Waals surface area contributed by atoms with Gasteiger partial charge in [-0.25, -0.2) is 15.0 Å². The van der Waals surface area contributed by atoms with Crippen LogP contribution in [0.2, 0.25) is 0 Å². The van der Waals surface area contributed by atoms with Gasteiger partial charge < -0.3 is 5.11 Å². The summed E-state index contributed by atoms with van der Waals surface area (Å²) in [6, 6.07) is 26.8. The lowest BCUT2D eigenvalue weighted by atomic mass is 10.0. The molecule has 0 fully saturated rings. The summed E-state index contributed by atoms with van der Waals surface area (Å²) in [7, 11) is 0. The third-order valence-corrected chi connectivity index (χ3v) is 4.87. The van der Waals surface area contributed by atoms with Crippen molar-refractivity contribution in [2.24, 2.45) is 5.10 Å². The Hall–Kier alpha value is -4.19. The van der Waals surface area contributed by atoms with E-state index >= 15 is 0 Å². The zero-order valence-electron chi connectivity index (χ0n) is 16.9. The highest BCUT2D eigenvalue weighted by atomic mass is 16.3. The van der Waals surface area contributed by atoms with Crippen molar-refractivity contribution >= 4 is 12.1 Å². The Morgan fingerprint density at radius 3 is 2.26 bits per heavy atom. The fourth-order valence-electron chi connectivity index (χ4n) is 3.34. The summed E-state index contributed by atoms with van der Waals surface area (Å²) in [4.78, 5) is 15.7. The van der Waals surface area contributed by atoms with E-state index in [-0.39, 0.29) is 18.1 Å². The number of aromatic hydroxyl groups is 1. The smallest absolute Gasteiger partial charge is 0.244 e. The molecule has 0 aliphatic rings. The van der Waals surface area contributed by atoms with Gasteiger partial charge in [-0.2, -0.15) is 5.10 Å². The van der Waals surface area contributed by atoms with Gasteiger partial charge in [0.1, 0.15) is 5.75 Å². The van der Waals surface area contributed by atoms with E-state index in [1.54, 1.807) is 30.5 Å². The van der Waals surface area contributed by atoms with E-state index in [9.17, 15) is 9.90 Å². The van der Waals surface area contributed by atoms with Crippen molar-refractivity contribution in [2.45, 2.75) is 13.0 Å². The molecule has 0 aliphatic heterocycles. The van der Waals surface area contributed by atoms with Crippen molar-refractivity contribution in [2.75, 3.05) is 0 Å². The maximum atomic E-state index is 12.3. The van der Waals surface area contributed by atoms with Crippen LogP contribution in [0, 0.1) is 0 Å². The zero-order chi connectivity index (χ0) is 21.5. The van der Waals surface area contributed by atoms with Crippen molar-refractivity contribution in [1.82, 2.24) is 10.4 Å². The number of imidazole rings is 1. The Labute approximate surface area is 180 Å². The van der Waals surface area contributed by atoms with Gasteiger partial charge in [-0.3, -0.25) is 4.79 Å². The monoisotopic (exact) mass is 411 g/mol. The highest BCUT2D eigenvalue weighted by Gasteiger charge is 2.21. The van der Waals surface area contributed by atoms with Crippen molar-refractivity contribution < 1.29 is 14.5 Å². The number of phenols is 1. The van der Waals surface area contributed by atoms with Gasteiger partial charge in [-0.15, -0.1) is 0 Å². The van der Waals surface area contributed by atoms with E-state index in [1.165, 1.54) is 0 Å². The number of carbonyl (C=O) groups excluding carboxylic acids is 1. The number of aromatic amines is 1. The van der Waals surface area contributed by atoms with Crippen molar-refractivity contribution in [3.05, 3.63) is 96.8 Å². The zero-order valence-corrected chi connectivity index (χ0v) is 16.9. The summed E-state index contributed by atoms with van der Waals surface area (Å²) in [5.41, 5.74) is 7.56. The number of hydrogen-bond donors (Lipinski definition) is 3. The van der Waals surface area contributed by atoms with Crippen LogP contribution in [0.15, 0.2) is 96.4 Å². The summed E-state index contributed by atoms with van der Waals surface area (Å²) in [5, 5.41) is 13.3. The summed E-state index contributed by atoms with van der Waals surface area (Å²) in [6.45, 7) is 0.508. The molecule has 0 aliphatic carbocycles. The summed E-state index contributed by atoms with van der Waals surface area (Å²) >= 11 is 0. The predicted molar refractivity (Wildman–Crippen MR) is 120 cm³/mol. The maximum absolute atomic E-state index is 12.3. The first-order valence-electron chi connectivity index (χ1n) is 10.0. The first kappa shape index (κ1) is 20.1. The summed E-state index contributed by atoms with van der Waals surface area (Å²) in [6.07, 6.45) is 3.73. The Balaban J connectivity index is 1.47. The van der Waals surface area contributed by atoms with Gasteiger partial charge in [0.05, 0.1) is 19.2 Å². The number of nitrogens with one attached hydrogen (secondary N) is 2. The largest absolute Gasteiger partial charge is 0.508 e. The number of nitrogens with zero attached hydrogens (tertiary/aromatic N) is 2. The molecule has 1 amide bonds. The van der Waals surface area contributed by atoms with Crippen LogP contribution in [0.25, 0.3) is 22.5 Å². The first-order valence-corrected chi connectivity index (χ1v) is 10.0. The fourth-order valence-corrected chi connectivity index (χ4v) is 3.34. The molecule has 6 nitrogen and oxygen atoms in total. The molecule has 0 saturated heterocycles. The second kappa shape index (κ2) is 9.54. The Morgan fingerprint density at radius 2 is 1.58 bits per heavy atom. The Morgan fingerprint density at radius 1 is 0.935 bits per heavy atom. The number of amides is 1. The van der Waals surface area contributed by atoms with E-state index in [0.717, 1.165) is 28.1 Å². The molecule has 3 aromatic carbocycles. The molecular weight excluding hydrogens is 388 g/mol. The minimum atomic E-state index is -0.177. The normalized spacial score (nSPS) is 11.0. The van der Waals surface area contributed by atoms with Crippen LogP contribution in [-0.4, -0.2) is 22.2 Å². The molecular formula is C25H23N4O2+. The lowest BCUT2D eigenvalue weighted by molar-refractivity contribution is -0.683. The molecule has 1 heterocycles.